The molecule has 10 nitrogen and oxygen atoms in total. The second-order valence-corrected chi connectivity index (χ2v) is 5.82. The lowest BCUT2D eigenvalue weighted by Crippen LogP contribution is -2.43. The molecule has 3 rings (SSSR count). The number of hydrogen-bond acceptors (Lipinski definition) is 9. The predicted molar refractivity (Wildman–Crippen MR) is 89.7 cm³/mol. The van der Waals surface area contributed by atoms with Gasteiger partial charge in [-0.15, -0.1) is 5.92 Å². The average molecular weight is 347 g/mol. The third-order valence-electron chi connectivity index (χ3n) is 4.19. The highest BCUT2D eigenvalue weighted by molar-refractivity contribution is 5.81. The molecule has 1 unspecified atom stereocenters. The zero-order valence-corrected chi connectivity index (χ0v) is 13.5. The monoisotopic (exact) mass is 347 g/mol. The number of ether oxygens (including phenoxy) is 1. The van der Waals surface area contributed by atoms with Crippen LogP contribution in [-0.2, 0) is 4.74 Å². The van der Waals surface area contributed by atoms with Crippen LogP contribution in [0.15, 0.2) is 12.7 Å². The number of aliphatic hydroxyl groups is 2. The standard InChI is InChI=1S/C15H21N7O3/c16-5-3-1-2-4-8(17)12-10(23)11(24)15(25-12)22-7-21-9-13(18)19-6-20-14(9)22/h6-8,10-12,15,23-24H,2,4-5,16-17H2,(H2,18,19,20)/t8?,10-,11+,12+,15+/m0/s1. The van der Waals surface area contributed by atoms with Crippen LogP contribution in [0, 0.1) is 11.8 Å². The van der Waals surface area contributed by atoms with Crippen LogP contribution in [0.3, 0.4) is 0 Å². The molecule has 10 heteroatoms. The Kier molecular flexibility index (Phi) is 5.12. The van der Waals surface area contributed by atoms with Gasteiger partial charge in [-0.3, -0.25) is 4.57 Å². The number of nitrogen functional groups attached to an aromatic ring is 1. The van der Waals surface area contributed by atoms with Gasteiger partial charge in [-0.1, -0.05) is 5.92 Å². The van der Waals surface area contributed by atoms with Crippen LogP contribution < -0.4 is 17.2 Å². The van der Waals surface area contributed by atoms with E-state index in [1.54, 1.807) is 0 Å². The lowest BCUT2D eigenvalue weighted by Gasteiger charge is -2.21. The fraction of sp³-hybridized carbons (Fsp3) is 0.533. The van der Waals surface area contributed by atoms with Crippen molar-refractivity contribution in [2.45, 2.75) is 43.4 Å². The summed E-state index contributed by atoms with van der Waals surface area (Å²) in [5, 5.41) is 20.7. The number of hydrogen-bond donors (Lipinski definition) is 5. The molecule has 3 heterocycles. The molecule has 0 aromatic carbocycles. The number of nitrogens with two attached hydrogens (primary N) is 3. The topological polar surface area (TPSA) is 171 Å². The molecule has 8 N–H and O–H groups in total. The van der Waals surface area contributed by atoms with Gasteiger partial charge in [0.05, 0.1) is 12.9 Å². The maximum absolute atomic E-state index is 10.4. The lowest BCUT2D eigenvalue weighted by molar-refractivity contribution is -0.0427. The van der Waals surface area contributed by atoms with Crippen LogP contribution in [0.5, 0.6) is 0 Å². The summed E-state index contributed by atoms with van der Waals surface area (Å²) >= 11 is 0. The van der Waals surface area contributed by atoms with Crippen LogP contribution in [0.25, 0.3) is 11.2 Å². The van der Waals surface area contributed by atoms with E-state index in [-0.39, 0.29) is 12.4 Å². The molecule has 0 spiro atoms. The summed E-state index contributed by atoms with van der Waals surface area (Å²) < 4.78 is 7.34. The Hall–Kier alpha value is -2.29. The average Bonchev–Trinajstić information content (AvgIpc) is 3.15. The first kappa shape index (κ1) is 17.5. The van der Waals surface area contributed by atoms with Gasteiger partial charge < -0.3 is 32.2 Å². The number of imidazole rings is 1. The summed E-state index contributed by atoms with van der Waals surface area (Å²) in [4.78, 5) is 12.1. The quantitative estimate of drug-likeness (QED) is 0.396. The minimum atomic E-state index is -1.18. The van der Waals surface area contributed by atoms with E-state index in [0.717, 1.165) is 0 Å². The largest absolute Gasteiger partial charge is 0.387 e. The van der Waals surface area contributed by atoms with Crippen LogP contribution in [0.2, 0.25) is 0 Å². The first-order valence-corrected chi connectivity index (χ1v) is 7.90. The number of aliphatic hydroxyl groups excluding tert-OH is 2. The van der Waals surface area contributed by atoms with Gasteiger partial charge in [-0.2, -0.15) is 0 Å². The highest BCUT2D eigenvalue weighted by Crippen LogP contribution is 2.33. The fourth-order valence-corrected chi connectivity index (χ4v) is 2.89. The number of fused-ring (bicyclic) bond motifs is 1. The van der Waals surface area contributed by atoms with Crippen molar-refractivity contribution in [1.29, 1.82) is 0 Å². The first-order valence-electron chi connectivity index (χ1n) is 7.90. The van der Waals surface area contributed by atoms with Crippen molar-refractivity contribution in [3.63, 3.8) is 0 Å². The minimum absolute atomic E-state index is 0.225. The Morgan fingerprint density at radius 1 is 1.24 bits per heavy atom. The van der Waals surface area contributed by atoms with Gasteiger partial charge in [-0.25, -0.2) is 15.0 Å². The van der Waals surface area contributed by atoms with Crippen molar-refractivity contribution in [2.24, 2.45) is 11.5 Å². The van der Waals surface area contributed by atoms with Crippen molar-refractivity contribution in [3.8, 4) is 11.8 Å². The van der Waals surface area contributed by atoms with Gasteiger partial charge in [0.1, 0.15) is 30.2 Å². The Balaban J connectivity index is 1.78. The fourth-order valence-electron chi connectivity index (χ4n) is 2.89. The lowest BCUT2D eigenvalue weighted by atomic mass is 10.0. The molecule has 0 radical (unpaired) electrons. The molecule has 0 aliphatic carbocycles. The van der Waals surface area contributed by atoms with E-state index in [9.17, 15) is 10.2 Å². The maximum Gasteiger partial charge on any atom is 0.167 e. The zero-order valence-electron chi connectivity index (χ0n) is 13.5. The van der Waals surface area contributed by atoms with Gasteiger partial charge in [0.25, 0.3) is 0 Å². The molecule has 5 atom stereocenters. The molecular weight excluding hydrogens is 326 g/mol. The Bertz CT molecular complexity index is 799. The number of anilines is 1. The Labute approximate surface area is 144 Å². The van der Waals surface area contributed by atoms with Crippen molar-refractivity contribution < 1.29 is 14.9 Å². The van der Waals surface area contributed by atoms with E-state index in [1.165, 1.54) is 17.2 Å². The summed E-state index contributed by atoms with van der Waals surface area (Å²) in [6.07, 6.45) is -0.155. The zero-order chi connectivity index (χ0) is 18.0. The third kappa shape index (κ3) is 3.28. The normalized spacial score (nSPS) is 27.2. The van der Waals surface area contributed by atoms with Crippen LogP contribution in [-0.4, -0.2) is 60.6 Å². The minimum Gasteiger partial charge on any atom is -0.387 e. The van der Waals surface area contributed by atoms with Crippen molar-refractivity contribution in [2.75, 3.05) is 12.3 Å². The van der Waals surface area contributed by atoms with E-state index >= 15 is 0 Å². The smallest absolute Gasteiger partial charge is 0.167 e. The molecule has 0 bridgehead atoms. The first-order chi connectivity index (χ1) is 12.0. The third-order valence-corrected chi connectivity index (χ3v) is 4.19. The van der Waals surface area contributed by atoms with Crippen LogP contribution in [0.1, 0.15) is 19.1 Å². The van der Waals surface area contributed by atoms with Gasteiger partial charge in [0.2, 0.25) is 0 Å². The summed E-state index contributed by atoms with van der Waals surface area (Å²) in [6, 6.07) is -0.490. The van der Waals surface area contributed by atoms with Crippen molar-refractivity contribution in [3.05, 3.63) is 12.7 Å². The predicted octanol–water partition coefficient (Wildman–Crippen LogP) is -1.90. The van der Waals surface area contributed by atoms with Gasteiger partial charge in [0, 0.05) is 12.5 Å². The van der Waals surface area contributed by atoms with Gasteiger partial charge in [-0.05, 0) is 6.42 Å². The molecule has 134 valence electrons. The van der Waals surface area contributed by atoms with E-state index in [1.807, 2.05) is 0 Å². The number of aromatic nitrogens is 4. The molecule has 25 heavy (non-hydrogen) atoms. The van der Waals surface area contributed by atoms with Crippen molar-refractivity contribution in [1.82, 2.24) is 19.5 Å². The van der Waals surface area contributed by atoms with E-state index in [2.05, 4.69) is 26.8 Å². The molecule has 1 saturated heterocycles. The summed E-state index contributed by atoms with van der Waals surface area (Å²) in [7, 11) is 0. The van der Waals surface area contributed by atoms with E-state index in [4.69, 9.17) is 21.9 Å². The van der Waals surface area contributed by atoms with Gasteiger partial charge >= 0.3 is 0 Å². The van der Waals surface area contributed by atoms with E-state index in [0.29, 0.717) is 24.0 Å². The van der Waals surface area contributed by atoms with Crippen LogP contribution >= 0.6 is 0 Å². The van der Waals surface area contributed by atoms with Crippen molar-refractivity contribution >= 4 is 17.0 Å². The molecular formula is C15H21N7O3. The Morgan fingerprint density at radius 2 is 2.04 bits per heavy atom. The summed E-state index contributed by atoms with van der Waals surface area (Å²) in [5.74, 6) is 5.86. The molecule has 0 amide bonds. The highest BCUT2D eigenvalue weighted by atomic mass is 16.6. The molecule has 1 fully saturated rings. The highest BCUT2D eigenvalue weighted by Gasteiger charge is 2.46. The van der Waals surface area contributed by atoms with Crippen LogP contribution in [0.4, 0.5) is 5.82 Å². The second-order valence-electron chi connectivity index (χ2n) is 5.82. The molecule has 2 aromatic heterocycles. The Morgan fingerprint density at radius 3 is 2.80 bits per heavy atom. The molecule has 1 aliphatic heterocycles. The number of nitrogens with zero attached hydrogens (tertiary/aromatic N) is 4. The van der Waals surface area contributed by atoms with Gasteiger partial charge in [0.15, 0.2) is 17.7 Å². The number of rotatable bonds is 4. The molecule has 1 aliphatic rings. The summed E-state index contributed by atoms with van der Waals surface area (Å²) in [5.41, 5.74) is 18.0. The molecule has 2 aromatic rings. The maximum atomic E-state index is 10.4. The molecule has 0 saturated carbocycles. The second kappa shape index (κ2) is 7.30. The summed E-state index contributed by atoms with van der Waals surface area (Å²) in [6.45, 7) is 0.289. The van der Waals surface area contributed by atoms with E-state index < -0.39 is 30.6 Å². The SMILES string of the molecule is NCC#CCCC(N)[C@H]1O[C@@H](n2cnc3c(N)ncnc32)[C@H](O)[C@@H]1O.